The first-order chi connectivity index (χ1) is 42.8. The first kappa shape index (κ1) is 85.2. The Bertz CT molecular complexity index is 1520. The van der Waals surface area contributed by atoms with Gasteiger partial charge < -0.3 is 20.1 Å². The summed E-state index contributed by atoms with van der Waals surface area (Å²) in [6, 6.07) is 0. The zero-order valence-corrected chi connectivity index (χ0v) is 58.9. The minimum atomic E-state index is -4.39. The zero-order chi connectivity index (χ0) is 63.0. The third kappa shape index (κ3) is 73.2. The second-order valence-electron chi connectivity index (χ2n) is 26.2. The van der Waals surface area contributed by atoms with Gasteiger partial charge in [0.1, 0.15) is 6.61 Å². The van der Waals surface area contributed by atoms with Gasteiger partial charge in [-0.05, 0) is 51.4 Å². The summed E-state index contributed by atoms with van der Waals surface area (Å²) in [5, 5.41) is 0. The van der Waals surface area contributed by atoms with Gasteiger partial charge >= 0.3 is 19.8 Å². The molecule has 9 nitrogen and oxygen atoms in total. The summed E-state index contributed by atoms with van der Waals surface area (Å²) in [5.74, 6) is -0.801. The maximum absolute atomic E-state index is 12.8. The molecule has 87 heavy (non-hydrogen) atoms. The number of carbonyl (C=O) groups excluding carboxylic acids is 2. The minimum Gasteiger partial charge on any atom is -0.462 e. The maximum Gasteiger partial charge on any atom is 0.472 e. The van der Waals surface area contributed by atoms with Crippen LogP contribution in [0.3, 0.4) is 0 Å². The van der Waals surface area contributed by atoms with Gasteiger partial charge in [-0.25, -0.2) is 4.57 Å². The molecule has 0 aromatic rings. The van der Waals surface area contributed by atoms with Crippen LogP contribution in [0.2, 0.25) is 0 Å². The van der Waals surface area contributed by atoms with E-state index in [-0.39, 0.29) is 38.6 Å². The van der Waals surface area contributed by atoms with Crippen LogP contribution in [0.1, 0.15) is 412 Å². The first-order valence-corrected chi connectivity index (χ1v) is 40.0. The summed E-state index contributed by atoms with van der Waals surface area (Å²) < 4.78 is 33.3. The number of hydrogen-bond donors (Lipinski definition) is 2. The Hall–Kier alpha value is -1.77. The van der Waals surface area contributed by atoms with Gasteiger partial charge in [0.05, 0.1) is 13.2 Å². The topological polar surface area (TPSA) is 134 Å². The van der Waals surface area contributed by atoms with Gasteiger partial charge in [0.2, 0.25) is 0 Å². The lowest BCUT2D eigenvalue weighted by atomic mass is 10.0. The molecule has 0 amide bonds. The van der Waals surface area contributed by atoms with E-state index in [0.29, 0.717) is 6.42 Å². The maximum atomic E-state index is 12.8. The van der Waals surface area contributed by atoms with E-state index in [0.717, 1.165) is 44.9 Å². The number of unbranched alkanes of at least 4 members (excludes halogenated alkanes) is 55. The minimum absolute atomic E-state index is 0.0568. The van der Waals surface area contributed by atoms with Gasteiger partial charge in [0, 0.05) is 19.4 Å². The van der Waals surface area contributed by atoms with Crippen LogP contribution in [0.15, 0.2) is 36.5 Å². The molecule has 3 N–H and O–H groups in total. The van der Waals surface area contributed by atoms with Crippen LogP contribution in [-0.4, -0.2) is 49.3 Å². The zero-order valence-electron chi connectivity index (χ0n) is 58.0. The number of allylic oxidation sites excluding steroid dienone is 6. The highest BCUT2D eigenvalue weighted by Crippen LogP contribution is 2.43. The second-order valence-corrected chi connectivity index (χ2v) is 27.7. The molecule has 2 atom stereocenters. The van der Waals surface area contributed by atoms with E-state index in [2.05, 4.69) is 50.3 Å². The molecule has 0 aromatic carbocycles. The Morgan fingerprint density at radius 1 is 0.345 bits per heavy atom. The molecule has 0 radical (unpaired) electrons. The summed E-state index contributed by atoms with van der Waals surface area (Å²) in [6.45, 7) is 3.82. The molecule has 0 fully saturated rings. The highest BCUT2D eigenvalue weighted by molar-refractivity contribution is 7.47. The van der Waals surface area contributed by atoms with Crippen LogP contribution < -0.4 is 5.73 Å². The fraction of sp³-hybridized carbons (Fsp3) is 0.896. The molecule has 2 unspecified atom stereocenters. The number of rotatable bonds is 74. The Balaban J connectivity index is 3.77. The van der Waals surface area contributed by atoms with Crippen molar-refractivity contribution in [3.63, 3.8) is 0 Å². The highest BCUT2D eigenvalue weighted by Gasteiger charge is 2.26. The standard InChI is InChI=1S/C77H148NO8P/c1-3-5-7-9-11-13-15-17-19-21-23-25-27-29-31-33-34-35-36-37-38-39-40-42-44-46-48-50-52-54-56-58-60-62-64-66-68-70-77(80)86-75(74-85-87(81,82)84-72-71-78)73-83-76(79)69-67-65-63-61-59-57-55-53-51-49-47-45-43-41-32-30-28-26-24-22-20-18-16-14-12-10-8-6-4-2/h15,17,21,23,27,29,75H,3-14,16,18-20,22,24-26,28,30-74,78H2,1-2H3,(H,81,82)/b17-15-,23-21-,29-27-. The van der Waals surface area contributed by atoms with Crippen molar-refractivity contribution in [2.45, 2.75) is 418 Å². The second kappa shape index (κ2) is 73.3. The van der Waals surface area contributed by atoms with E-state index in [1.165, 1.54) is 334 Å². The molecule has 0 rings (SSSR count). The number of phosphoric ester groups is 1. The summed E-state index contributed by atoms with van der Waals surface area (Å²) in [7, 11) is -4.39. The van der Waals surface area contributed by atoms with Crippen molar-refractivity contribution in [2.75, 3.05) is 26.4 Å². The summed E-state index contributed by atoms with van der Waals surface area (Å²) >= 11 is 0. The number of esters is 2. The van der Waals surface area contributed by atoms with Crippen LogP contribution in [0.5, 0.6) is 0 Å². The van der Waals surface area contributed by atoms with E-state index in [1.54, 1.807) is 0 Å². The lowest BCUT2D eigenvalue weighted by Gasteiger charge is -2.19. The molecule has 0 aliphatic carbocycles. The van der Waals surface area contributed by atoms with E-state index < -0.39 is 26.5 Å². The van der Waals surface area contributed by atoms with Gasteiger partial charge in [0.25, 0.3) is 0 Å². The molecule has 0 saturated heterocycles. The summed E-state index contributed by atoms with van der Waals surface area (Å²) in [5.41, 5.74) is 5.41. The SMILES string of the molecule is CCCCCCC/C=C\C/C=C\C/C=C\CCCCCCCCCCCCCCCCCCCCCCCCC(=O)OC(COC(=O)CCCCCCCCCCCCCCCCCCCCCCCCCCCCCCC)COP(=O)(O)OCCN. The smallest absolute Gasteiger partial charge is 0.462 e. The molecule has 0 aliphatic rings. The molecule has 514 valence electrons. The molecule has 0 heterocycles. The van der Waals surface area contributed by atoms with Gasteiger partial charge in [-0.3, -0.25) is 18.6 Å². The van der Waals surface area contributed by atoms with Gasteiger partial charge in [-0.15, -0.1) is 0 Å². The van der Waals surface area contributed by atoms with Crippen LogP contribution in [0.4, 0.5) is 0 Å². The predicted molar refractivity (Wildman–Crippen MR) is 377 cm³/mol. The molecule has 0 aromatic heterocycles. The lowest BCUT2D eigenvalue weighted by Crippen LogP contribution is -2.29. The molecular weight excluding hydrogens is 1100 g/mol. The third-order valence-electron chi connectivity index (χ3n) is 17.5. The average Bonchev–Trinajstić information content (AvgIpc) is 3.65. The van der Waals surface area contributed by atoms with E-state index in [9.17, 15) is 19.0 Å². The molecular formula is C77H148NO8P. The van der Waals surface area contributed by atoms with Crippen molar-refractivity contribution in [3.05, 3.63) is 36.5 Å². The number of nitrogens with two attached hydrogens (primary N) is 1. The molecule has 0 bridgehead atoms. The normalized spacial score (nSPS) is 13.0. The molecule has 0 spiro atoms. The number of ether oxygens (including phenoxy) is 2. The van der Waals surface area contributed by atoms with Gasteiger partial charge in [-0.2, -0.15) is 0 Å². The largest absolute Gasteiger partial charge is 0.472 e. The van der Waals surface area contributed by atoms with Crippen molar-refractivity contribution in [2.24, 2.45) is 5.73 Å². The summed E-state index contributed by atoms with van der Waals surface area (Å²) in [6.07, 6.45) is 92.8. The quantitative estimate of drug-likeness (QED) is 0.0264. The fourth-order valence-electron chi connectivity index (χ4n) is 11.8. The van der Waals surface area contributed by atoms with Crippen molar-refractivity contribution < 1.29 is 37.6 Å². The number of carbonyl (C=O) groups is 2. The van der Waals surface area contributed by atoms with Crippen molar-refractivity contribution in [1.82, 2.24) is 0 Å². The van der Waals surface area contributed by atoms with Crippen molar-refractivity contribution in [1.29, 1.82) is 0 Å². The fourth-order valence-corrected chi connectivity index (χ4v) is 12.6. The third-order valence-corrected chi connectivity index (χ3v) is 18.5. The number of hydrogen-bond acceptors (Lipinski definition) is 8. The lowest BCUT2D eigenvalue weighted by molar-refractivity contribution is -0.161. The highest BCUT2D eigenvalue weighted by atomic mass is 31.2. The predicted octanol–water partition coefficient (Wildman–Crippen LogP) is 25.4. The Labute approximate surface area is 541 Å². The van der Waals surface area contributed by atoms with Crippen LogP contribution in [0.25, 0.3) is 0 Å². The monoisotopic (exact) mass is 1250 g/mol. The van der Waals surface area contributed by atoms with Crippen LogP contribution in [-0.2, 0) is 32.7 Å². The van der Waals surface area contributed by atoms with E-state index in [1.807, 2.05) is 0 Å². The number of phosphoric acid groups is 1. The van der Waals surface area contributed by atoms with Gasteiger partial charge in [-0.1, -0.05) is 384 Å². The Morgan fingerprint density at radius 2 is 0.598 bits per heavy atom. The van der Waals surface area contributed by atoms with E-state index >= 15 is 0 Å². The molecule has 10 heteroatoms. The van der Waals surface area contributed by atoms with Gasteiger partial charge in [0.15, 0.2) is 6.10 Å². The average molecular weight is 1250 g/mol. The van der Waals surface area contributed by atoms with Crippen molar-refractivity contribution >= 4 is 19.8 Å². The van der Waals surface area contributed by atoms with Crippen LogP contribution >= 0.6 is 7.82 Å². The van der Waals surface area contributed by atoms with Crippen LogP contribution in [0, 0.1) is 0 Å². The van der Waals surface area contributed by atoms with E-state index in [4.69, 9.17) is 24.3 Å². The van der Waals surface area contributed by atoms with Crippen molar-refractivity contribution in [3.8, 4) is 0 Å². The first-order valence-electron chi connectivity index (χ1n) is 38.5. The molecule has 0 aliphatic heterocycles. The summed E-state index contributed by atoms with van der Waals surface area (Å²) in [4.78, 5) is 35.4. The Kier molecular flexibility index (Phi) is 71.8. The molecule has 0 saturated carbocycles. The Morgan fingerprint density at radius 3 is 0.885 bits per heavy atom.